The fourth-order valence-electron chi connectivity index (χ4n) is 1.36. The van der Waals surface area contributed by atoms with E-state index >= 15 is 0 Å². The highest BCUT2D eigenvalue weighted by Crippen LogP contribution is 2.23. The van der Waals surface area contributed by atoms with E-state index in [9.17, 15) is 4.79 Å². The zero-order chi connectivity index (χ0) is 13.8. The number of amides is 1. The van der Waals surface area contributed by atoms with E-state index in [-0.39, 0.29) is 11.4 Å². The average molecular weight is 379 g/mol. The number of alkyl halides is 1. The van der Waals surface area contributed by atoms with E-state index in [1.54, 1.807) is 13.2 Å². The molecule has 1 amide bonds. The molecule has 0 heterocycles. The number of carbonyl (C=O) groups excluding carboxylic acids is 1. The van der Waals surface area contributed by atoms with E-state index in [0.717, 1.165) is 10.9 Å². The molecule has 0 radical (unpaired) electrons. The number of ether oxygens (including phenoxy) is 1. The van der Waals surface area contributed by atoms with Crippen LogP contribution in [0.15, 0.2) is 22.7 Å². The third-order valence-electron chi connectivity index (χ3n) is 2.91. The zero-order valence-electron chi connectivity index (χ0n) is 10.7. The molecule has 1 aromatic rings. The van der Waals surface area contributed by atoms with Crippen molar-refractivity contribution in [3.8, 4) is 5.75 Å². The summed E-state index contributed by atoms with van der Waals surface area (Å²) < 4.78 is 5.89. The number of hydrogen-bond acceptors (Lipinski definition) is 2. The lowest BCUT2D eigenvalue weighted by Gasteiger charge is -2.27. The van der Waals surface area contributed by atoms with Crippen molar-refractivity contribution >= 4 is 37.8 Å². The normalized spacial score (nSPS) is 13.8. The van der Waals surface area contributed by atoms with Crippen LogP contribution in [0.3, 0.4) is 0 Å². The third-order valence-corrected chi connectivity index (χ3v) is 4.84. The van der Waals surface area contributed by atoms with E-state index in [2.05, 4.69) is 37.2 Å². The summed E-state index contributed by atoms with van der Waals surface area (Å²) in [6.45, 7) is 4.05. The molecule has 0 saturated carbocycles. The molecule has 100 valence electrons. The number of nitrogens with one attached hydrogen (secondary N) is 1. The highest BCUT2D eigenvalue weighted by atomic mass is 79.9. The first kappa shape index (κ1) is 15.5. The van der Waals surface area contributed by atoms with Crippen LogP contribution in [0.4, 0.5) is 0 Å². The van der Waals surface area contributed by atoms with Gasteiger partial charge in [0.25, 0.3) is 5.91 Å². The Balaban J connectivity index is 2.97. The minimum Gasteiger partial charge on any atom is -0.497 e. The maximum absolute atomic E-state index is 12.2. The smallest absolute Gasteiger partial charge is 0.253 e. The van der Waals surface area contributed by atoms with Crippen LogP contribution >= 0.6 is 31.9 Å². The molecule has 0 aliphatic rings. The molecule has 1 rings (SSSR count). The van der Waals surface area contributed by atoms with Crippen molar-refractivity contribution in [1.29, 1.82) is 0 Å². The Kier molecular flexibility index (Phi) is 5.66. The Morgan fingerprint density at radius 3 is 2.67 bits per heavy atom. The summed E-state index contributed by atoms with van der Waals surface area (Å²) in [6, 6.07) is 5.35. The van der Waals surface area contributed by atoms with Gasteiger partial charge in [0.2, 0.25) is 0 Å². The molecule has 0 aromatic heterocycles. The fraction of sp³-hybridized carbons (Fsp3) is 0.462. The number of carbonyl (C=O) groups is 1. The van der Waals surface area contributed by atoms with Crippen LogP contribution in [0, 0.1) is 0 Å². The van der Waals surface area contributed by atoms with Gasteiger partial charge in [0.05, 0.1) is 12.7 Å². The monoisotopic (exact) mass is 377 g/mol. The van der Waals surface area contributed by atoms with Crippen molar-refractivity contribution in [2.24, 2.45) is 0 Å². The number of methoxy groups -OCH3 is 1. The Hall–Kier alpha value is -0.550. The topological polar surface area (TPSA) is 38.3 Å². The van der Waals surface area contributed by atoms with Crippen molar-refractivity contribution in [2.75, 3.05) is 12.4 Å². The van der Waals surface area contributed by atoms with Gasteiger partial charge in [0.1, 0.15) is 5.75 Å². The van der Waals surface area contributed by atoms with Gasteiger partial charge in [-0.15, -0.1) is 0 Å². The Morgan fingerprint density at radius 2 is 2.17 bits per heavy atom. The molecule has 0 bridgehead atoms. The highest BCUT2D eigenvalue weighted by Gasteiger charge is 2.24. The SMILES string of the molecule is CCC(C)(CBr)NC(=O)c1cc(OC)ccc1Br. The fourth-order valence-corrected chi connectivity index (χ4v) is 2.33. The van der Waals surface area contributed by atoms with Crippen LogP contribution in [0.5, 0.6) is 5.75 Å². The summed E-state index contributed by atoms with van der Waals surface area (Å²) in [4.78, 5) is 12.2. The maximum atomic E-state index is 12.2. The van der Waals surface area contributed by atoms with E-state index in [4.69, 9.17) is 4.74 Å². The number of hydrogen-bond donors (Lipinski definition) is 1. The molecule has 18 heavy (non-hydrogen) atoms. The molecule has 0 aliphatic heterocycles. The largest absolute Gasteiger partial charge is 0.497 e. The minimum atomic E-state index is -0.250. The first-order valence-corrected chi connectivity index (χ1v) is 7.59. The van der Waals surface area contributed by atoms with E-state index in [1.807, 2.05) is 26.0 Å². The highest BCUT2D eigenvalue weighted by molar-refractivity contribution is 9.10. The zero-order valence-corrected chi connectivity index (χ0v) is 13.9. The van der Waals surface area contributed by atoms with Crippen LogP contribution in [-0.4, -0.2) is 23.9 Å². The van der Waals surface area contributed by atoms with Gasteiger partial charge in [-0.25, -0.2) is 0 Å². The number of benzene rings is 1. The summed E-state index contributed by atoms with van der Waals surface area (Å²) in [7, 11) is 1.58. The number of halogens is 2. The van der Waals surface area contributed by atoms with Crippen molar-refractivity contribution in [2.45, 2.75) is 25.8 Å². The molecular formula is C13H17Br2NO2. The Labute approximate surface area is 125 Å². The van der Waals surface area contributed by atoms with E-state index < -0.39 is 0 Å². The quantitative estimate of drug-likeness (QED) is 0.792. The molecule has 0 aliphatic carbocycles. The molecule has 0 spiro atoms. The van der Waals surface area contributed by atoms with Gasteiger partial charge in [-0.3, -0.25) is 4.79 Å². The molecular weight excluding hydrogens is 362 g/mol. The molecule has 5 heteroatoms. The summed E-state index contributed by atoms with van der Waals surface area (Å²) in [6.07, 6.45) is 0.853. The standard InChI is InChI=1S/C13H17Br2NO2/c1-4-13(2,8-14)16-12(17)10-7-9(18-3)5-6-11(10)15/h5-7H,4,8H2,1-3H3,(H,16,17). The molecule has 3 nitrogen and oxygen atoms in total. The molecule has 0 fully saturated rings. The second-order valence-electron chi connectivity index (χ2n) is 4.35. The summed E-state index contributed by atoms with van der Waals surface area (Å²) in [5.74, 6) is 0.560. The third kappa shape index (κ3) is 3.72. The summed E-state index contributed by atoms with van der Waals surface area (Å²) in [5, 5.41) is 3.74. The number of rotatable bonds is 5. The minimum absolute atomic E-state index is 0.107. The lowest BCUT2D eigenvalue weighted by atomic mass is 10.0. The molecule has 1 atom stereocenters. The van der Waals surface area contributed by atoms with Gasteiger partial charge in [-0.05, 0) is 47.5 Å². The summed E-state index contributed by atoms with van der Waals surface area (Å²) in [5.41, 5.74) is 0.328. The van der Waals surface area contributed by atoms with Crippen LogP contribution in [0.2, 0.25) is 0 Å². The van der Waals surface area contributed by atoms with Gasteiger partial charge < -0.3 is 10.1 Å². The lowest BCUT2D eigenvalue weighted by molar-refractivity contribution is 0.0912. The maximum Gasteiger partial charge on any atom is 0.253 e. The van der Waals surface area contributed by atoms with Gasteiger partial charge in [-0.2, -0.15) is 0 Å². The van der Waals surface area contributed by atoms with Crippen molar-refractivity contribution in [3.05, 3.63) is 28.2 Å². The Bertz CT molecular complexity index is 431. The summed E-state index contributed by atoms with van der Waals surface area (Å²) >= 11 is 6.81. The van der Waals surface area contributed by atoms with Crippen LogP contribution in [0.25, 0.3) is 0 Å². The van der Waals surface area contributed by atoms with Crippen molar-refractivity contribution in [3.63, 3.8) is 0 Å². The van der Waals surface area contributed by atoms with Crippen LogP contribution in [-0.2, 0) is 0 Å². The second kappa shape index (κ2) is 6.57. The first-order valence-electron chi connectivity index (χ1n) is 5.67. The molecule has 1 unspecified atom stereocenters. The molecule has 1 aromatic carbocycles. The average Bonchev–Trinajstić information content (AvgIpc) is 2.39. The first-order chi connectivity index (χ1) is 8.45. The molecule has 1 N–H and O–H groups in total. The second-order valence-corrected chi connectivity index (χ2v) is 5.76. The van der Waals surface area contributed by atoms with E-state index in [1.165, 1.54) is 0 Å². The lowest BCUT2D eigenvalue weighted by Crippen LogP contribution is -2.47. The van der Waals surface area contributed by atoms with Crippen LogP contribution in [0.1, 0.15) is 30.6 Å². The Morgan fingerprint density at radius 1 is 1.50 bits per heavy atom. The van der Waals surface area contributed by atoms with Gasteiger partial charge >= 0.3 is 0 Å². The van der Waals surface area contributed by atoms with E-state index in [0.29, 0.717) is 16.6 Å². The van der Waals surface area contributed by atoms with Gasteiger partial charge in [0, 0.05) is 15.3 Å². The molecule has 0 saturated heterocycles. The van der Waals surface area contributed by atoms with Crippen molar-refractivity contribution < 1.29 is 9.53 Å². The van der Waals surface area contributed by atoms with Crippen LogP contribution < -0.4 is 10.1 Å². The van der Waals surface area contributed by atoms with Gasteiger partial charge in [0.15, 0.2) is 0 Å². The predicted molar refractivity (Wildman–Crippen MR) is 80.7 cm³/mol. The van der Waals surface area contributed by atoms with Crippen molar-refractivity contribution in [1.82, 2.24) is 5.32 Å². The predicted octanol–water partition coefficient (Wildman–Crippen LogP) is 3.75. The van der Waals surface area contributed by atoms with Gasteiger partial charge in [-0.1, -0.05) is 22.9 Å².